The van der Waals surface area contributed by atoms with E-state index in [0.717, 1.165) is 4.31 Å². The van der Waals surface area contributed by atoms with E-state index in [2.05, 4.69) is 0 Å². The third kappa shape index (κ3) is 1.62. The van der Waals surface area contributed by atoms with Gasteiger partial charge in [-0.3, -0.25) is 10.0 Å². The Balaban J connectivity index is 2.73. The Kier molecular flexibility index (Phi) is 2.90. The average Bonchev–Trinajstić information content (AvgIpc) is 2.54. The van der Waals surface area contributed by atoms with Crippen LogP contribution in [0, 0.1) is 0 Å². The third-order valence-electron chi connectivity index (χ3n) is 2.75. The van der Waals surface area contributed by atoms with Crippen LogP contribution in [0.5, 0.6) is 0 Å². The van der Waals surface area contributed by atoms with E-state index in [1.165, 1.54) is 32.3 Å². The molecule has 1 aromatic carbocycles. The first-order valence-corrected chi connectivity index (χ1v) is 6.48. The van der Waals surface area contributed by atoms with E-state index in [9.17, 15) is 23.5 Å². The minimum atomic E-state index is -3.80. The fraction of sp³-hybridized carbons (Fsp3) is 0.300. The van der Waals surface area contributed by atoms with Gasteiger partial charge in [-0.25, -0.2) is 12.7 Å². The number of aliphatic hydroxyl groups excluding tert-OH is 1. The summed E-state index contributed by atoms with van der Waals surface area (Å²) in [7, 11) is -1.11. The Bertz CT molecular complexity index is 611. The van der Waals surface area contributed by atoms with Crippen molar-refractivity contribution in [3.05, 3.63) is 29.3 Å². The summed E-state index contributed by atoms with van der Waals surface area (Å²) in [6, 6.07) is 4.02. The average molecular weight is 272 g/mol. The molecule has 1 heterocycles. The lowest BCUT2D eigenvalue weighted by molar-refractivity contribution is -0.153. The molecule has 2 N–H and O–H groups in total. The van der Waals surface area contributed by atoms with Crippen LogP contribution in [0.1, 0.15) is 22.1 Å². The van der Waals surface area contributed by atoms with Crippen LogP contribution >= 0.6 is 0 Å². The summed E-state index contributed by atoms with van der Waals surface area (Å²) in [5.41, 5.74) is -0.119. The van der Waals surface area contributed by atoms with Gasteiger partial charge < -0.3 is 5.11 Å². The van der Waals surface area contributed by atoms with Crippen LogP contribution in [-0.4, -0.2) is 48.1 Å². The van der Waals surface area contributed by atoms with Crippen LogP contribution in [0.15, 0.2) is 23.1 Å². The van der Waals surface area contributed by atoms with Gasteiger partial charge in [-0.15, -0.1) is 0 Å². The Morgan fingerprint density at radius 2 is 1.94 bits per heavy atom. The first kappa shape index (κ1) is 13.0. The minimum Gasteiger partial charge on any atom is -0.367 e. The number of benzene rings is 1. The number of carbonyl (C=O) groups is 1. The number of fused-ring (bicyclic) bond motifs is 1. The molecule has 1 unspecified atom stereocenters. The van der Waals surface area contributed by atoms with Crippen molar-refractivity contribution in [3.8, 4) is 0 Å². The predicted molar refractivity (Wildman–Crippen MR) is 60.2 cm³/mol. The molecule has 0 fully saturated rings. The fourth-order valence-corrected chi connectivity index (χ4v) is 2.91. The number of hydroxylamine groups is 2. The lowest BCUT2D eigenvalue weighted by Crippen LogP contribution is -2.25. The van der Waals surface area contributed by atoms with Crippen molar-refractivity contribution >= 4 is 15.9 Å². The monoisotopic (exact) mass is 272 g/mol. The Morgan fingerprint density at radius 1 is 1.33 bits per heavy atom. The van der Waals surface area contributed by atoms with Gasteiger partial charge in [-0.2, -0.15) is 5.06 Å². The van der Waals surface area contributed by atoms with E-state index in [1.807, 2.05) is 0 Å². The first-order chi connectivity index (χ1) is 8.28. The van der Waals surface area contributed by atoms with Crippen molar-refractivity contribution in [1.29, 1.82) is 0 Å². The van der Waals surface area contributed by atoms with E-state index in [0.29, 0.717) is 0 Å². The summed E-state index contributed by atoms with van der Waals surface area (Å²) in [6.45, 7) is 0. The summed E-state index contributed by atoms with van der Waals surface area (Å²) >= 11 is 0. The molecule has 1 amide bonds. The van der Waals surface area contributed by atoms with E-state index in [4.69, 9.17) is 0 Å². The molecule has 0 radical (unpaired) electrons. The van der Waals surface area contributed by atoms with Gasteiger partial charge in [0.1, 0.15) is 0 Å². The van der Waals surface area contributed by atoms with Crippen molar-refractivity contribution in [2.45, 2.75) is 11.1 Å². The zero-order chi connectivity index (χ0) is 13.7. The number of amides is 1. The molecule has 0 bridgehead atoms. The van der Waals surface area contributed by atoms with Crippen LogP contribution < -0.4 is 0 Å². The van der Waals surface area contributed by atoms with Crippen LogP contribution in [0.25, 0.3) is 0 Å². The summed E-state index contributed by atoms with van der Waals surface area (Å²) < 4.78 is 25.1. The van der Waals surface area contributed by atoms with Gasteiger partial charge in [0.2, 0.25) is 10.0 Å². The SMILES string of the molecule is CN(C)S(=O)(=O)c1cccc2c1C(O)N(O)C2=O. The van der Waals surface area contributed by atoms with Crippen molar-refractivity contribution in [1.82, 2.24) is 9.37 Å². The number of carbonyl (C=O) groups excluding carboxylic acids is 1. The smallest absolute Gasteiger partial charge is 0.280 e. The maximum atomic E-state index is 12.1. The van der Waals surface area contributed by atoms with Gasteiger partial charge in [0.25, 0.3) is 5.91 Å². The Morgan fingerprint density at radius 3 is 2.50 bits per heavy atom. The molecule has 1 aromatic rings. The third-order valence-corrected chi connectivity index (χ3v) is 4.63. The van der Waals surface area contributed by atoms with Gasteiger partial charge >= 0.3 is 0 Å². The molecule has 8 heteroatoms. The molecule has 7 nitrogen and oxygen atoms in total. The Hall–Kier alpha value is -1.48. The Labute approximate surface area is 104 Å². The normalized spacial score (nSPS) is 19.5. The van der Waals surface area contributed by atoms with Gasteiger partial charge in [0.05, 0.1) is 10.5 Å². The fourth-order valence-electron chi connectivity index (χ4n) is 1.78. The van der Waals surface area contributed by atoms with E-state index < -0.39 is 22.2 Å². The van der Waals surface area contributed by atoms with Gasteiger partial charge in [0.15, 0.2) is 6.23 Å². The lowest BCUT2D eigenvalue weighted by atomic mass is 10.1. The minimum absolute atomic E-state index is 0.0204. The molecule has 0 aromatic heterocycles. The maximum absolute atomic E-state index is 12.1. The maximum Gasteiger partial charge on any atom is 0.280 e. The second-order valence-electron chi connectivity index (χ2n) is 4.03. The highest BCUT2D eigenvalue weighted by molar-refractivity contribution is 7.89. The molecule has 0 aliphatic carbocycles. The molecule has 0 saturated carbocycles. The largest absolute Gasteiger partial charge is 0.367 e. The molecule has 0 spiro atoms. The highest BCUT2D eigenvalue weighted by atomic mass is 32.2. The summed E-state index contributed by atoms with van der Waals surface area (Å²) in [4.78, 5) is 11.4. The second-order valence-corrected chi connectivity index (χ2v) is 6.15. The molecule has 2 rings (SSSR count). The molecular weight excluding hydrogens is 260 g/mol. The summed E-state index contributed by atoms with van der Waals surface area (Å²) in [6.07, 6.45) is -1.67. The number of aliphatic hydroxyl groups is 1. The van der Waals surface area contributed by atoms with Crippen molar-refractivity contribution in [2.75, 3.05) is 14.1 Å². The number of hydrogen-bond donors (Lipinski definition) is 2. The molecule has 0 saturated heterocycles. The summed E-state index contributed by atoms with van der Waals surface area (Å²) in [5.74, 6) is -0.826. The van der Waals surface area contributed by atoms with Crippen molar-refractivity contribution in [3.63, 3.8) is 0 Å². The quantitative estimate of drug-likeness (QED) is 0.725. The zero-order valence-corrected chi connectivity index (χ0v) is 10.5. The van der Waals surface area contributed by atoms with E-state index >= 15 is 0 Å². The summed E-state index contributed by atoms with van der Waals surface area (Å²) in [5, 5.41) is 19.2. The number of sulfonamides is 1. The molecule has 1 aliphatic heterocycles. The van der Waals surface area contributed by atoms with Crippen LogP contribution in [0.2, 0.25) is 0 Å². The zero-order valence-electron chi connectivity index (χ0n) is 9.73. The standard InChI is InChI=1S/C10H12N2O5S/c1-11(2)18(16,17)7-5-3-4-6-8(7)10(14)12(15)9(6)13/h3-5,10,14-15H,1-2H3. The lowest BCUT2D eigenvalue weighted by Gasteiger charge is -2.16. The molecule has 18 heavy (non-hydrogen) atoms. The van der Waals surface area contributed by atoms with Gasteiger partial charge in [0, 0.05) is 19.7 Å². The highest BCUT2D eigenvalue weighted by Crippen LogP contribution is 2.35. The van der Waals surface area contributed by atoms with Crippen molar-refractivity contribution in [2.24, 2.45) is 0 Å². The van der Waals surface area contributed by atoms with Crippen LogP contribution in [0.3, 0.4) is 0 Å². The van der Waals surface area contributed by atoms with Crippen LogP contribution in [-0.2, 0) is 10.0 Å². The van der Waals surface area contributed by atoms with Gasteiger partial charge in [-0.05, 0) is 12.1 Å². The van der Waals surface area contributed by atoms with E-state index in [-0.39, 0.29) is 21.1 Å². The second kappa shape index (κ2) is 4.02. The molecule has 1 atom stereocenters. The number of nitrogens with zero attached hydrogens (tertiary/aromatic N) is 2. The topological polar surface area (TPSA) is 98.2 Å². The highest BCUT2D eigenvalue weighted by Gasteiger charge is 2.39. The molecule has 98 valence electrons. The van der Waals surface area contributed by atoms with Crippen molar-refractivity contribution < 1.29 is 23.5 Å². The predicted octanol–water partition coefficient (Wildman–Crippen LogP) is -0.227. The van der Waals surface area contributed by atoms with E-state index in [1.54, 1.807) is 0 Å². The first-order valence-electron chi connectivity index (χ1n) is 5.04. The molecular formula is C10H12N2O5S. The number of rotatable bonds is 2. The number of hydrogen-bond acceptors (Lipinski definition) is 5. The van der Waals surface area contributed by atoms with Crippen LogP contribution in [0.4, 0.5) is 0 Å². The van der Waals surface area contributed by atoms with Gasteiger partial charge in [-0.1, -0.05) is 6.07 Å². The molecule has 1 aliphatic rings.